The smallest absolute Gasteiger partial charge is 0.240 e. The predicted octanol–water partition coefficient (Wildman–Crippen LogP) is 0.158. The molecule has 1 fully saturated rings. The van der Waals surface area contributed by atoms with E-state index in [2.05, 4.69) is 0 Å². The number of nitrogens with two attached hydrogens (primary N) is 1. The maximum Gasteiger partial charge on any atom is 0.240 e. The third-order valence-electron chi connectivity index (χ3n) is 2.37. The maximum absolute atomic E-state index is 10.5. The largest absolute Gasteiger partial charge is 0.374 e. The van der Waals surface area contributed by atoms with Crippen LogP contribution >= 0.6 is 0 Å². The first kappa shape index (κ1) is 9.41. The molecule has 1 saturated carbocycles. The second-order valence-electron chi connectivity index (χ2n) is 3.20. The van der Waals surface area contributed by atoms with E-state index in [1.54, 1.807) is 0 Å². The zero-order valence-corrected chi connectivity index (χ0v) is 7.10. The summed E-state index contributed by atoms with van der Waals surface area (Å²) in [6.45, 7) is 0. The fraction of sp³-hybridized carbons (Fsp3) is 1.00. The molecule has 0 saturated heterocycles. The van der Waals surface area contributed by atoms with Crippen LogP contribution in [0.3, 0.4) is 0 Å². The Kier molecular flexibility index (Phi) is 2.99. The lowest BCUT2D eigenvalue weighted by Crippen LogP contribution is -2.45. The van der Waals surface area contributed by atoms with E-state index in [9.17, 15) is 10.1 Å². The van der Waals surface area contributed by atoms with Gasteiger partial charge >= 0.3 is 0 Å². The van der Waals surface area contributed by atoms with Gasteiger partial charge in [0, 0.05) is 24.5 Å². The molecule has 0 amide bonds. The average molecular weight is 174 g/mol. The number of methoxy groups -OCH3 is 1. The zero-order valence-electron chi connectivity index (χ0n) is 7.10. The second-order valence-corrected chi connectivity index (χ2v) is 3.20. The highest BCUT2D eigenvalue weighted by molar-refractivity contribution is 4.82. The van der Waals surface area contributed by atoms with Gasteiger partial charge in [-0.25, -0.2) is 0 Å². The number of nitrogens with zero attached hydrogens (tertiary/aromatic N) is 1. The SMILES string of the molecule is COC1CCC(N)CC1[N+](=O)[O-]. The van der Waals surface area contributed by atoms with Crippen LogP contribution in [0.4, 0.5) is 0 Å². The van der Waals surface area contributed by atoms with Crippen molar-refractivity contribution in [1.82, 2.24) is 0 Å². The second kappa shape index (κ2) is 3.82. The highest BCUT2D eigenvalue weighted by Crippen LogP contribution is 2.21. The molecule has 12 heavy (non-hydrogen) atoms. The van der Waals surface area contributed by atoms with Crippen molar-refractivity contribution < 1.29 is 9.66 Å². The maximum atomic E-state index is 10.5. The van der Waals surface area contributed by atoms with Crippen LogP contribution in [-0.2, 0) is 4.74 Å². The van der Waals surface area contributed by atoms with E-state index in [1.165, 1.54) is 7.11 Å². The number of rotatable bonds is 2. The van der Waals surface area contributed by atoms with Gasteiger partial charge < -0.3 is 10.5 Å². The molecule has 5 nitrogen and oxygen atoms in total. The minimum absolute atomic E-state index is 0.0354. The Morgan fingerprint density at radius 2 is 2.25 bits per heavy atom. The van der Waals surface area contributed by atoms with Crippen molar-refractivity contribution in [2.75, 3.05) is 7.11 Å². The monoisotopic (exact) mass is 174 g/mol. The first-order valence-electron chi connectivity index (χ1n) is 4.07. The molecule has 3 unspecified atom stereocenters. The van der Waals surface area contributed by atoms with Crippen molar-refractivity contribution in [2.45, 2.75) is 37.5 Å². The quantitative estimate of drug-likeness (QED) is 0.477. The third-order valence-corrected chi connectivity index (χ3v) is 2.37. The van der Waals surface area contributed by atoms with Gasteiger partial charge in [0.05, 0.1) is 0 Å². The van der Waals surface area contributed by atoms with Gasteiger partial charge in [-0.15, -0.1) is 0 Å². The van der Waals surface area contributed by atoms with Gasteiger partial charge in [0.2, 0.25) is 6.04 Å². The van der Waals surface area contributed by atoms with E-state index in [0.29, 0.717) is 12.8 Å². The molecule has 1 aliphatic carbocycles. The van der Waals surface area contributed by atoms with E-state index >= 15 is 0 Å². The molecule has 0 heterocycles. The van der Waals surface area contributed by atoms with Gasteiger partial charge in [-0.1, -0.05) is 0 Å². The van der Waals surface area contributed by atoms with Crippen molar-refractivity contribution in [1.29, 1.82) is 0 Å². The molecule has 0 aliphatic heterocycles. The molecule has 2 N–H and O–H groups in total. The molecule has 0 spiro atoms. The molecular weight excluding hydrogens is 160 g/mol. The minimum atomic E-state index is -0.612. The van der Waals surface area contributed by atoms with E-state index in [-0.39, 0.29) is 17.1 Å². The summed E-state index contributed by atoms with van der Waals surface area (Å²) in [5.74, 6) is 0. The van der Waals surface area contributed by atoms with Gasteiger partial charge in [-0.2, -0.15) is 0 Å². The highest BCUT2D eigenvalue weighted by Gasteiger charge is 2.37. The molecule has 1 rings (SSSR count). The van der Waals surface area contributed by atoms with Crippen molar-refractivity contribution in [3.63, 3.8) is 0 Å². The van der Waals surface area contributed by atoms with Crippen LogP contribution in [0.5, 0.6) is 0 Å². The first-order valence-corrected chi connectivity index (χ1v) is 4.07. The lowest BCUT2D eigenvalue weighted by atomic mass is 9.89. The summed E-state index contributed by atoms with van der Waals surface area (Å²) in [4.78, 5) is 10.3. The summed E-state index contributed by atoms with van der Waals surface area (Å²) < 4.78 is 5.02. The summed E-state index contributed by atoms with van der Waals surface area (Å²) in [6.07, 6.45) is 1.71. The molecule has 0 radical (unpaired) electrons. The molecule has 0 aromatic carbocycles. The van der Waals surface area contributed by atoms with Crippen LogP contribution in [-0.4, -0.2) is 30.2 Å². The topological polar surface area (TPSA) is 78.4 Å². The lowest BCUT2D eigenvalue weighted by Gasteiger charge is -2.27. The van der Waals surface area contributed by atoms with Gasteiger partial charge in [0.15, 0.2) is 0 Å². The summed E-state index contributed by atoms with van der Waals surface area (Å²) in [6, 6.07) is -0.648. The van der Waals surface area contributed by atoms with Crippen LogP contribution in [0.25, 0.3) is 0 Å². The van der Waals surface area contributed by atoms with Crippen molar-refractivity contribution >= 4 is 0 Å². The number of nitro groups is 1. The van der Waals surface area contributed by atoms with Crippen LogP contribution in [0, 0.1) is 10.1 Å². The molecule has 0 bridgehead atoms. The normalized spacial score (nSPS) is 36.3. The van der Waals surface area contributed by atoms with E-state index in [0.717, 1.165) is 6.42 Å². The summed E-state index contributed by atoms with van der Waals surface area (Å²) in [5.41, 5.74) is 5.62. The molecular formula is C7H14N2O3. The Labute approximate surface area is 71.0 Å². The van der Waals surface area contributed by atoms with Crippen LogP contribution in [0.1, 0.15) is 19.3 Å². The van der Waals surface area contributed by atoms with Gasteiger partial charge in [0.25, 0.3) is 0 Å². The highest BCUT2D eigenvalue weighted by atomic mass is 16.6. The van der Waals surface area contributed by atoms with E-state index in [1.807, 2.05) is 0 Å². The van der Waals surface area contributed by atoms with Gasteiger partial charge in [-0.3, -0.25) is 10.1 Å². The lowest BCUT2D eigenvalue weighted by molar-refractivity contribution is -0.538. The molecule has 70 valence electrons. The van der Waals surface area contributed by atoms with Crippen molar-refractivity contribution in [3.05, 3.63) is 10.1 Å². The van der Waals surface area contributed by atoms with E-state index < -0.39 is 6.04 Å². The Morgan fingerprint density at radius 3 is 2.75 bits per heavy atom. The average Bonchev–Trinajstić information content (AvgIpc) is 2.04. The number of hydrogen-bond acceptors (Lipinski definition) is 4. The Morgan fingerprint density at radius 1 is 1.58 bits per heavy atom. The van der Waals surface area contributed by atoms with Gasteiger partial charge in [-0.05, 0) is 12.8 Å². The first-order chi connectivity index (χ1) is 5.65. The number of ether oxygens (including phenoxy) is 1. The van der Waals surface area contributed by atoms with Gasteiger partial charge in [0.1, 0.15) is 6.10 Å². The Bertz CT molecular complexity index is 174. The summed E-state index contributed by atoms with van der Waals surface area (Å²) in [5, 5.41) is 10.5. The van der Waals surface area contributed by atoms with Crippen LogP contribution in [0.2, 0.25) is 0 Å². The fourth-order valence-corrected chi connectivity index (χ4v) is 1.65. The Balaban J connectivity index is 2.58. The number of hydrogen-bond donors (Lipinski definition) is 1. The third kappa shape index (κ3) is 1.92. The Hall–Kier alpha value is -0.680. The molecule has 0 aromatic rings. The molecule has 5 heteroatoms. The van der Waals surface area contributed by atoms with Crippen LogP contribution < -0.4 is 5.73 Å². The molecule has 0 aromatic heterocycles. The molecule has 3 atom stereocenters. The van der Waals surface area contributed by atoms with Crippen LogP contribution in [0.15, 0.2) is 0 Å². The zero-order chi connectivity index (χ0) is 9.14. The van der Waals surface area contributed by atoms with Crippen molar-refractivity contribution in [2.24, 2.45) is 5.73 Å². The molecule has 1 aliphatic rings. The fourth-order valence-electron chi connectivity index (χ4n) is 1.65. The standard InChI is InChI=1S/C7H14N2O3/c1-12-7-3-2-5(8)4-6(7)9(10)11/h5-7H,2-4,8H2,1H3. The summed E-state index contributed by atoms with van der Waals surface area (Å²) in [7, 11) is 1.51. The predicted molar refractivity (Wildman–Crippen MR) is 43.4 cm³/mol. The minimum Gasteiger partial charge on any atom is -0.374 e. The summed E-state index contributed by atoms with van der Waals surface area (Å²) >= 11 is 0. The van der Waals surface area contributed by atoms with E-state index in [4.69, 9.17) is 10.5 Å². The van der Waals surface area contributed by atoms with Crippen molar-refractivity contribution in [3.8, 4) is 0 Å².